The maximum Gasteiger partial charge on any atom is 0.222 e. The second-order valence-electron chi connectivity index (χ2n) is 9.92. The van der Waals surface area contributed by atoms with Crippen molar-refractivity contribution in [3.8, 4) is 0 Å². The highest BCUT2D eigenvalue weighted by molar-refractivity contribution is 5.83. The summed E-state index contributed by atoms with van der Waals surface area (Å²) in [6, 6.07) is 0.224. The third-order valence-electron chi connectivity index (χ3n) is 7.05. The van der Waals surface area contributed by atoms with Crippen LogP contribution in [0.1, 0.15) is 91.9 Å². The van der Waals surface area contributed by atoms with Gasteiger partial charge < -0.3 is 14.8 Å². The molecule has 0 bridgehead atoms. The minimum atomic E-state index is 0.0845. The molecular weight excluding hydrogens is 378 g/mol. The van der Waals surface area contributed by atoms with Crippen LogP contribution in [0.2, 0.25) is 0 Å². The average Bonchev–Trinajstić information content (AvgIpc) is 2.75. The molecule has 2 rings (SSSR count). The molecule has 0 radical (unpaired) electrons. The summed E-state index contributed by atoms with van der Waals surface area (Å²) >= 11 is 0. The smallest absolute Gasteiger partial charge is 0.222 e. The van der Waals surface area contributed by atoms with E-state index in [4.69, 9.17) is 9.47 Å². The molecule has 5 heteroatoms. The van der Waals surface area contributed by atoms with Gasteiger partial charge in [-0.1, -0.05) is 13.8 Å². The van der Waals surface area contributed by atoms with Gasteiger partial charge in [0.2, 0.25) is 5.91 Å². The molecule has 5 nitrogen and oxygen atoms in total. The van der Waals surface area contributed by atoms with Gasteiger partial charge in [-0.25, -0.2) is 0 Å². The molecule has 1 amide bonds. The second kappa shape index (κ2) is 13.5. The van der Waals surface area contributed by atoms with E-state index in [0.717, 1.165) is 45.3 Å². The van der Waals surface area contributed by atoms with Crippen LogP contribution in [0.3, 0.4) is 0 Å². The first kappa shape index (κ1) is 25.3. The topological polar surface area (TPSA) is 64.6 Å². The third-order valence-corrected chi connectivity index (χ3v) is 7.05. The van der Waals surface area contributed by atoms with Gasteiger partial charge in [0, 0.05) is 37.5 Å². The van der Waals surface area contributed by atoms with Gasteiger partial charge in [-0.2, -0.15) is 0 Å². The molecule has 2 fully saturated rings. The predicted octanol–water partition coefficient (Wildman–Crippen LogP) is 4.91. The fourth-order valence-corrected chi connectivity index (χ4v) is 4.73. The molecule has 1 unspecified atom stereocenters. The van der Waals surface area contributed by atoms with Crippen molar-refractivity contribution in [1.82, 2.24) is 5.32 Å². The number of ketones is 1. The summed E-state index contributed by atoms with van der Waals surface area (Å²) in [5.41, 5.74) is 0. The lowest BCUT2D eigenvalue weighted by Gasteiger charge is -2.30. The van der Waals surface area contributed by atoms with Crippen molar-refractivity contribution in [2.75, 3.05) is 19.8 Å². The Balaban J connectivity index is 1.51. The largest absolute Gasteiger partial charge is 0.381 e. The zero-order chi connectivity index (χ0) is 21.9. The minimum absolute atomic E-state index is 0.0845. The Kier molecular flexibility index (Phi) is 11.4. The Morgan fingerprint density at radius 2 is 1.50 bits per heavy atom. The molecule has 2 aliphatic carbocycles. The van der Waals surface area contributed by atoms with Crippen LogP contribution in [-0.4, -0.2) is 43.7 Å². The van der Waals surface area contributed by atoms with Crippen molar-refractivity contribution in [2.24, 2.45) is 23.7 Å². The molecule has 0 aromatic carbocycles. The van der Waals surface area contributed by atoms with Gasteiger partial charge in [-0.15, -0.1) is 0 Å². The van der Waals surface area contributed by atoms with Crippen LogP contribution in [0.4, 0.5) is 0 Å². The standard InChI is InChI=1S/C25H45NO4/c1-5-19(4)25(28)22-10-12-23(13-11-22)26-24(27)14-15-29-16-20-6-8-21(9-7-20)17-30-18(2)3/h18-23H,5-17H2,1-4H3,(H,26,27). The van der Waals surface area contributed by atoms with E-state index in [0.29, 0.717) is 36.8 Å². The van der Waals surface area contributed by atoms with Crippen LogP contribution >= 0.6 is 0 Å². The van der Waals surface area contributed by atoms with Crippen LogP contribution in [0.15, 0.2) is 0 Å². The zero-order valence-electron chi connectivity index (χ0n) is 19.8. The lowest BCUT2D eigenvalue weighted by molar-refractivity contribution is -0.127. The maximum absolute atomic E-state index is 12.3. The lowest BCUT2D eigenvalue weighted by Crippen LogP contribution is -2.39. The zero-order valence-corrected chi connectivity index (χ0v) is 19.8. The van der Waals surface area contributed by atoms with Gasteiger partial charge in [-0.3, -0.25) is 9.59 Å². The molecule has 0 aliphatic heterocycles. The monoisotopic (exact) mass is 423 g/mol. The van der Waals surface area contributed by atoms with Gasteiger partial charge in [0.15, 0.2) is 0 Å². The van der Waals surface area contributed by atoms with Gasteiger partial charge >= 0.3 is 0 Å². The summed E-state index contributed by atoms with van der Waals surface area (Å²) in [6.07, 6.45) is 10.2. The summed E-state index contributed by atoms with van der Waals surface area (Å²) in [6.45, 7) is 10.5. The number of carbonyl (C=O) groups excluding carboxylic acids is 2. The first-order chi connectivity index (χ1) is 14.4. The number of amides is 1. The highest BCUT2D eigenvalue weighted by Crippen LogP contribution is 2.30. The van der Waals surface area contributed by atoms with E-state index in [9.17, 15) is 9.59 Å². The van der Waals surface area contributed by atoms with Crippen molar-refractivity contribution in [3.05, 3.63) is 0 Å². The first-order valence-corrected chi connectivity index (χ1v) is 12.4. The number of carbonyl (C=O) groups is 2. The van der Waals surface area contributed by atoms with Crippen molar-refractivity contribution in [3.63, 3.8) is 0 Å². The van der Waals surface area contributed by atoms with Crippen LogP contribution in [0.25, 0.3) is 0 Å². The predicted molar refractivity (Wildman–Crippen MR) is 120 cm³/mol. The van der Waals surface area contributed by atoms with E-state index in [1.165, 1.54) is 25.7 Å². The van der Waals surface area contributed by atoms with Gasteiger partial charge in [0.05, 0.1) is 12.7 Å². The van der Waals surface area contributed by atoms with Gasteiger partial charge in [0.1, 0.15) is 5.78 Å². The highest BCUT2D eigenvalue weighted by Gasteiger charge is 2.29. The molecule has 0 aromatic rings. The number of Topliss-reactive ketones (excluding diaryl/α,β-unsaturated/α-hetero) is 1. The summed E-state index contributed by atoms with van der Waals surface area (Å²) in [5.74, 6) is 2.19. The molecule has 30 heavy (non-hydrogen) atoms. The van der Waals surface area contributed by atoms with Crippen LogP contribution in [-0.2, 0) is 19.1 Å². The molecular formula is C25H45NO4. The van der Waals surface area contributed by atoms with Gasteiger partial charge in [0.25, 0.3) is 0 Å². The Morgan fingerprint density at radius 3 is 2.07 bits per heavy atom. The lowest BCUT2D eigenvalue weighted by atomic mass is 9.79. The minimum Gasteiger partial charge on any atom is -0.381 e. The van der Waals surface area contributed by atoms with Crippen molar-refractivity contribution in [2.45, 2.75) is 104 Å². The molecule has 174 valence electrons. The normalized spacial score (nSPS) is 28.3. The Hall–Kier alpha value is -0.940. The van der Waals surface area contributed by atoms with E-state index in [2.05, 4.69) is 26.1 Å². The van der Waals surface area contributed by atoms with Crippen LogP contribution in [0, 0.1) is 23.7 Å². The Morgan fingerprint density at radius 1 is 0.900 bits per heavy atom. The SMILES string of the molecule is CCC(C)C(=O)C1CCC(NC(=O)CCOCC2CCC(COC(C)C)CC2)CC1. The molecule has 0 heterocycles. The molecule has 0 spiro atoms. The van der Waals surface area contributed by atoms with E-state index in [-0.39, 0.29) is 23.8 Å². The first-order valence-electron chi connectivity index (χ1n) is 12.4. The highest BCUT2D eigenvalue weighted by atomic mass is 16.5. The molecule has 1 atom stereocenters. The second-order valence-corrected chi connectivity index (χ2v) is 9.92. The number of nitrogens with one attached hydrogen (secondary N) is 1. The summed E-state index contributed by atoms with van der Waals surface area (Å²) in [4.78, 5) is 24.6. The quantitative estimate of drug-likeness (QED) is 0.453. The molecule has 2 aliphatic rings. The summed E-state index contributed by atoms with van der Waals surface area (Å²) in [7, 11) is 0. The number of hydrogen-bond acceptors (Lipinski definition) is 4. The van der Waals surface area contributed by atoms with E-state index in [1.807, 2.05) is 6.92 Å². The van der Waals surface area contributed by atoms with Crippen LogP contribution < -0.4 is 5.32 Å². The fraction of sp³-hybridized carbons (Fsp3) is 0.920. The number of ether oxygens (including phenoxy) is 2. The van der Waals surface area contributed by atoms with Crippen molar-refractivity contribution < 1.29 is 19.1 Å². The van der Waals surface area contributed by atoms with E-state index < -0.39 is 0 Å². The van der Waals surface area contributed by atoms with Crippen LogP contribution in [0.5, 0.6) is 0 Å². The number of rotatable bonds is 12. The average molecular weight is 424 g/mol. The van der Waals surface area contributed by atoms with E-state index >= 15 is 0 Å². The van der Waals surface area contributed by atoms with Gasteiger partial charge in [-0.05, 0) is 83.5 Å². The summed E-state index contributed by atoms with van der Waals surface area (Å²) in [5, 5.41) is 3.14. The maximum atomic E-state index is 12.3. The Bertz CT molecular complexity index is 505. The molecule has 2 saturated carbocycles. The van der Waals surface area contributed by atoms with E-state index in [1.54, 1.807) is 0 Å². The van der Waals surface area contributed by atoms with Crippen molar-refractivity contribution >= 4 is 11.7 Å². The fourth-order valence-electron chi connectivity index (χ4n) is 4.73. The molecule has 0 saturated heterocycles. The number of hydrogen-bond donors (Lipinski definition) is 1. The third kappa shape index (κ3) is 9.05. The molecule has 1 N–H and O–H groups in total. The summed E-state index contributed by atoms with van der Waals surface area (Å²) < 4.78 is 11.6. The van der Waals surface area contributed by atoms with Crippen molar-refractivity contribution in [1.29, 1.82) is 0 Å². The Labute approximate surface area is 184 Å². The molecule has 0 aromatic heterocycles.